The lowest BCUT2D eigenvalue weighted by Crippen LogP contribution is -2.27. The molecule has 0 aliphatic carbocycles. The third kappa shape index (κ3) is 3.86. The van der Waals surface area contributed by atoms with Crippen LogP contribution < -0.4 is 10.6 Å². The Morgan fingerprint density at radius 2 is 2.25 bits per heavy atom. The highest BCUT2D eigenvalue weighted by atomic mass is 32.2. The number of rotatable bonds is 6. The Morgan fingerprint density at radius 3 is 2.81 bits per heavy atom. The number of carbonyl (C=O) groups excluding carboxylic acids is 1. The van der Waals surface area contributed by atoms with Gasteiger partial charge in [0.2, 0.25) is 10.1 Å². The van der Waals surface area contributed by atoms with Crippen LogP contribution in [-0.4, -0.2) is 45.4 Å². The fourth-order valence-electron chi connectivity index (χ4n) is 0.914. The lowest BCUT2D eigenvalue weighted by Gasteiger charge is -2.00. The third-order valence-electron chi connectivity index (χ3n) is 1.77. The Morgan fingerprint density at radius 1 is 1.50 bits per heavy atom. The maximum atomic E-state index is 11.5. The topological polar surface area (TPSA) is 84.0 Å². The SMILES string of the molecule is CCS(=O)CCNC(=O)c1nnc(NC)s1. The van der Waals surface area contributed by atoms with Crippen molar-refractivity contribution in [3.63, 3.8) is 0 Å². The molecule has 1 aromatic heterocycles. The first-order valence-corrected chi connectivity index (χ1v) is 7.12. The van der Waals surface area contributed by atoms with Crippen molar-refractivity contribution < 1.29 is 9.00 Å². The van der Waals surface area contributed by atoms with E-state index in [1.165, 1.54) is 11.3 Å². The van der Waals surface area contributed by atoms with Crippen molar-refractivity contribution in [1.29, 1.82) is 0 Å². The summed E-state index contributed by atoms with van der Waals surface area (Å²) in [7, 11) is 0.859. The second-order valence-electron chi connectivity index (χ2n) is 2.85. The van der Waals surface area contributed by atoms with Crippen LogP contribution in [0.4, 0.5) is 5.13 Å². The molecule has 0 aliphatic heterocycles. The first-order valence-electron chi connectivity index (χ1n) is 4.81. The molecule has 1 atom stereocenters. The predicted octanol–water partition coefficient (Wildman–Crippen LogP) is 0.0782. The zero-order valence-electron chi connectivity index (χ0n) is 9.15. The van der Waals surface area contributed by atoms with E-state index in [-0.39, 0.29) is 5.91 Å². The van der Waals surface area contributed by atoms with E-state index in [2.05, 4.69) is 20.8 Å². The highest BCUT2D eigenvalue weighted by molar-refractivity contribution is 7.84. The van der Waals surface area contributed by atoms with Gasteiger partial charge in [-0.1, -0.05) is 18.3 Å². The average Bonchev–Trinajstić information content (AvgIpc) is 2.77. The number of nitrogens with zero attached hydrogens (tertiary/aromatic N) is 2. The van der Waals surface area contributed by atoms with Crippen LogP contribution in [0, 0.1) is 0 Å². The van der Waals surface area contributed by atoms with Crippen molar-refractivity contribution in [1.82, 2.24) is 15.5 Å². The van der Waals surface area contributed by atoms with Gasteiger partial charge in [-0.3, -0.25) is 9.00 Å². The van der Waals surface area contributed by atoms with Gasteiger partial charge in [-0.05, 0) is 0 Å². The molecule has 8 heteroatoms. The number of hydrogen-bond donors (Lipinski definition) is 2. The summed E-state index contributed by atoms with van der Waals surface area (Å²) in [5.41, 5.74) is 0. The van der Waals surface area contributed by atoms with Crippen LogP contribution >= 0.6 is 11.3 Å². The van der Waals surface area contributed by atoms with Crippen LogP contribution in [0.5, 0.6) is 0 Å². The van der Waals surface area contributed by atoms with Gasteiger partial charge in [-0.15, -0.1) is 10.2 Å². The largest absolute Gasteiger partial charge is 0.363 e. The van der Waals surface area contributed by atoms with Gasteiger partial charge >= 0.3 is 0 Å². The molecule has 0 aliphatic rings. The smallest absolute Gasteiger partial charge is 0.282 e. The summed E-state index contributed by atoms with van der Waals surface area (Å²) in [6.45, 7) is 2.25. The Kier molecular flexibility index (Phi) is 5.33. The average molecular weight is 262 g/mol. The van der Waals surface area contributed by atoms with Gasteiger partial charge in [0.25, 0.3) is 5.91 Å². The zero-order valence-corrected chi connectivity index (χ0v) is 10.8. The standard InChI is InChI=1S/C8H14N4O2S2/c1-3-16(14)5-4-10-6(13)7-11-12-8(9-2)15-7/h3-5H2,1-2H3,(H,9,12)(H,10,13). The monoisotopic (exact) mass is 262 g/mol. The van der Waals surface area contributed by atoms with E-state index in [9.17, 15) is 9.00 Å². The second kappa shape index (κ2) is 6.54. The van der Waals surface area contributed by atoms with Gasteiger partial charge < -0.3 is 10.6 Å². The van der Waals surface area contributed by atoms with Gasteiger partial charge in [0.15, 0.2) is 0 Å². The summed E-state index contributed by atoms with van der Waals surface area (Å²) in [6, 6.07) is 0. The van der Waals surface area contributed by atoms with E-state index < -0.39 is 10.8 Å². The molecule has 1 amide bonds. The zero-order chi connectivity index (χ0) is 12.0. The molecule has 1 heterocycles. The number of anilines is 1. The minimum atomic E-state index is -0.856. The Balaban J connectivity index is 2.38. The van der Waals surface area contributed by atoms with Gasteiger partial charge in [-0.25, -0.2) is 0 Å². The summed E-state index contributed by atoms with van der Waals surface area (Å²) in [5.74, 6) is 0.811. The van der Waals surface area contributed by atoms with Crippen molar-refractivity contribution >= 4 is 33.2 Å². The molecule has 1 aromatic rings. The predicted molar refractivity (Wildman–Crippen MR) is 65.3 cm³/mol. The minimum Gasteiger partial charge on any atom is -0.363 e. The van der Waals surface area contributed by atoms with Crippen LogP contribution in [0.2, 0.25) is 0 Å². The van der Waals surface area contributed by atoms with Crippen LogP contribution in [0.3, 0.4) is 0 Å². The van der Waals surface area contributed by atoms with Gasteiger partial charge in [0, 0.05) is 35.9 Å². The van der Waals surface area contributed by atoms with E-state index >= 15 is 0 Å². The van der Waals surface area contributed by atoms with Gasteiger partial charge in [0.05, 0.1) is 0 Å². The third-order valence-corrected chi connectivity index (χ3v) is 4.01. The molecule has 0 saturated heterocycles. The number of nitrogens with one attached hydrogen (secondary N) is 2. The molecule has 6 nitrogen and oxygen atoms in total. The Labute approximate surface area is 100 Å². The van der Waals surface area contributed by atoms with Crippen LogP contribution in [0.1, 0.15) is 16.7 Å². The molecule has 0 radical (unpaired) electrons. The lowest BCUT2D eigenvalue weighted by atomic mass is 10.6. The van der Waals surface area contributed by atoms with Crippen molar-refractivity contribution in [3.05, 3.63) is 5.01 Å². The van der Waals surface area contributed by atoms with Crippen LogP contribution in [0.25, 0.3) is 0 Å². The normalized spacial score (nSPS) is 12.1. The van der Waals surface area contributed by atoms with Gasteiger partial charge in [0.1, 0.15) is 0 Å². The number of hydrogen-bond acceptors (Lipinski definition) is 6. The van der Waals surface area contributed by atoms with E-state index in [1.807, 2.05) is 6.92 Å². The van der Waals surface area contributed by atoms with Crippen molar-refractivity contribution in [2.75, 3.05) is 30.4 Å². The number of amides is 1. The summed E-state index contributed by atoms with van der Waals surface area (Å²) >= 11 is 1.18. The molecule has 1 rings (SSSR count). The van der Waals surface area contributed by atoms with E-state index in [4.69, 9.17) is 0 Å². The van der Waals surface area contributed by atoms with Crippen molar-refractivity contribution in [2.24, 2.45) is 0 Å². The molecule has 1 unspecified atom stereocenters. The van der Waals surface area contributed by atoms with Crippen molar-refractivity contribution in [2.45, 2.75) is 6.92 Å². The van der Waals surface area contributed by atoms with E-state index in [0.29, 0.717) is 28.2 Å². The first kappa shape index (κ1) is 13.0. The number of carbonyl (C=O) groups is 1. The summed E-state index contributed by atoms with van der Waals surface area (Å²) in [4.78, 5) is 11.5. The Hall–Kier alpha value is -1.02. The highest BCUT2D eigenvalue weighted by Gasteiger charge is 2.11. The highest BCUT2D eigenvalue weighted by Crippen LogP contribution is 2.13. The quantitative estimate of drug-likeness (QED) is 0.758. The molecule has 16 heavy (non-hydrogen) atoms. The lowest BCUT2D eigenvalue weighted by molar-refractivity contribution is 0.0955. The minimum absolute atomic E-state index is 0.271. The fraction of sp³-hybridized carbons (Fsp3) is 0.625. The molecule has 0 fully saturated rings. The first-order chi connectivity index (χ1) is 7.67. The molecule has 0 aromatic carbocycles. The maximum Gasteiger partial charge on any atom is 0.282 e. The number of aromatic nitrogens is 2. The molecule has 0 spiro atoms. The molecular weight excluding hydrogens is 248 g/mol. The van der Waals surface area contributed by atoms with E-state index in [1.54, 1.807) is 7.05 Å². The summed E-state index contributed by atoms with van der Waals surface area (Å²) < 4.78 is 11.1. The molecule has 0 saturated carbocycles. The molecule has 2 N–H and O–H groups in total. The molecule has 90 valence electrons. The maximum absolute atomic E-state index is 11.5. The fourth-order valence-corrected chi connectivity index (χ4v) is 2.15. The van der Waals surface area contributed by atoms with Crippen LogP contribution in [0.15, 0.2) is 0 Å². The molecular formula is C8H14N4O2S2. The van der Waals surface area contributed by atoms with E-state index in [0.717, 1.165) is 0 Å². The second-order valence-corrected chi connectivity index (χ2v) is 5.69. The summed E-state index contributed by atoms with van der Waals surface area (Å²) in [6.07, 6.45) is 0. The summed E-state index contributed by atoms with van der Waals surface area (Å²) in [5, 5.41) is 13.8. The van der Waals surface area contributed by atoms with Crippen molar-refractivity contribution in [3.8, 4) is 0 Å². The Bertz CT molecular complexity index is 380. The van der Waals surface area contributed by atoms with Gasteiger partial charge in [-0.2, -0.15) is 0 Å². The molecule has 0 bridgehead atoms. The van der Waals surface area contributed by atoms with Crippen LogP contribution in [-0.2, 0) is 10.8 Å².